The molecule has 0 aliphatic carbocycles. The number of aliphatic hydroxyl groups is 1. The van der Waals surface area contributed by atoms with Gasteiger partial charge in [0, 0.05) is 24.0 Å². The second-order valence-electron chi connectivity index (χ2n) is 10.1. The predicted molar refractivity (Wildman–Crippen MR) is 155 cm³/mol. The first-order valence-electron chi connectivity index (χ1n) is 13.6. The van der Waals surface area contributed by atoms with E-state index in [-0.39, 0.29) is 55.4 Å². The van der Waals surface area contributed by atoms with Crippen LogP contribution in [0.4, 0.5) is 0 Å². The number of cyclic esters (lactones) is 1. The lowest BCUT2D eigenvalue weighted by Gasteiger charge is -2.23. The Balaban J connectivity index is 1.72. The minimum atomic E-state index is -0.565. The van der Waals surface area contributed by atoms with Crippen molar-refractivity contribution in [2.45, 2.75) is 56.9 Å². The maximum atomic E-state index is 13.3. The van der Waals surface area contributed by atoms with Crippen LogP contribution in [-0.4, -0.2) is 53.9 Å². The highest BCUT2D eigenvalue weighted by Crippen LogP contribution is 2.20. The van der Waals surface area contributed by atoms with Gasteiger partial charge in [-0.25, -0.2) is 0 Å². The summed E-state index contributed by atoms with van der Waals surface area (Å²) in [5, 5.41) is 15.0. The van der Waals surface area contributed by atoms with Gasteiger partial charge in [-0.05, 0) is 43.7 Å². The van der Waals surface area contributed by atoms with Gasteiger partial charge in [-0.2, -0.15) is 11.8 Å². The summed E-state index contributed by atoms with van der Waals surface area (Å²) in [6, 6.07) is 19.2. The number of hydrogen-bond donors (Lipinski definition) is 3. The number of amides is 2. The van der Waals surface area contributed by atoms with Crippen LogP contribution in [0.25, 0.3) is 0 Å². The topological polar surface area (TPSA) is 105 Å². The number of aliphatic hydroxyl groups excluding tert-OH is 1. The minimum absolute atomic E-state index is 0.0147. The number of rotatable bonds is 10. The monoisotopic (exact) mass is 552 g/mol. The zero-order chi connectivity index (χ0) is 27.9. The van der Waals surface area contributed by atoms with E-state index in [9.17, 15) is 19.5 Å². The summed E-state index contributed by atoms with van der Waals surface area (Å²) >= 11 is 1.66. The molecular weight excluding hydrogens is 512 g/mol. The third-order valence-corrected chi connectivity index (χ3v) is 7.79. The summed E-state index contributed by atoms with van der Waals surface area (Å²) in [6.07, 6.45) is 6.23. The Bertz CT molecular complexity index is 1060. The van der Waals surface area contributed by atoms with Gasteiger partial charge in [0.25, 0.3) is 0 Å². The molecule has 8 heteroatoms. The average molecular weight is 553 g/mol. The van der Waals surface area contributed by atoms with E-state index in [2.05, 4.69) is 22.8 Å². The van der Waals surface area contributed by atoms with Crippen molar-refractivity contribution in [2.24, 2.45) is 11.8 Å². The Morgan fingerprint density at radius 2 is 1.74 bits per heavy atom. The number of thioether (sulfide) groups is 1. The summed E-state index contributed by atoms with van der Waals surface area (Å²) in [5.74, 6) is -0.295. The second kappa shape index (κ2) is 16.8. The van der Waals surface area contributed by atoms with Crippen LogP contribution in [-0.2, 0) is 31.3 Å². The van der Waals surface area contributed by atoms with Crippen LogP contribution in [0.5, 0.6) is 0 Å². The number of allylic oxidation sites excluding steroid dienone is 2. The van der Waals surface area contributed by atoms with Crippen molar-refractivity contribution in [1.82, 2.24) is 10.6 Å². The number of carbonyl (C=O) groups is 3. The Morgan fingerprint density at radius 3 is 2.44 bits per heavy atom. The maximum Gasteiger partial charge on any atom is 0.309 e. The molecule has 2 aromatic carbocycles. The predicted octanol–water partition coefficient (Wildman–Crippen LogP) is 4.05. The highest BCUT2D eigenvalue weighted by atomic mass is 32.2. The van der Waals surface area contributed by atoms with Gasteiger partial charge in [-0.15, -0.1) is 0 Å². The summed E-state index contributed by atoms with van der Waals surface area (Å²) in [6.45, 7) is 1.62. The highest BCUT2D eigenvalue weighted by Gasteiger charge is 2.27. The van der Waals surface area contributed by atoms with E-state index in [0.29, 0.717) is 31.4 Å². The van der Waals surface area contributed by atoms with Crippen molar-refractivity contribution in [3.63, 3.8) is 0 Å². The zero-order valence-corrected chi connectivity index (χ0v) is 23.4. The Kier molecular flexibility index (Phi) is 13.1. The van der Waals surface area contributed by atoms with E-state index >= 15 is 0 Å². The van der Waals surface area contributed by atoms with E-state index in [1.54, 1.807) is 18.7 Å². The van der Waals surface area contributed by atoms with Gasteiger partial charge in [-0.3, -0.25) is 14.4 Å². The van der Waals surface area contributed by atoms with Crippen LogP contribution in [0.15, 0.2) is 72.8 Å². The molecule has 1 aliphatic heterocycles. The number of carbonyl (C=O) groups excluding carboxylic acids is 3. The molecule has 0 saturated heterocycles. The molecule has 2 aromatic rings. The quantitative estimate of drug-likeness (QED) is 0.304. The van der Waals surface area contributed by atoms with E-state index in [4.69, 9.17) is 4.74 Å². The van der Waals surface area contributed by atoms with Gasteiger partial charge in [-0.1, -0.05) is 72.8 Å². The Morgan fingerprint density at radius 1 is 1.05 bits per heavy atom. The van der Waals surface area contributed by atoms with Crippen molar-refractivity contribution < 1.29 is 24.2 Å². The van der Waals surface area contributed by atoms with Gasteiger partial charge in [0.05, 0.1) is 24.5 Å². The van der Waals surface area contributed by atoms with Crippen LogP contribution in [0.3, 0.4) is 0 Å². The molecule has 210 valence electrons. The van der Waals surface area contributed by atoms with Gasteiger partial charge >= 0.3 is 5.97 Å². The molecule has 0 saturated carbocycles. The van der Waals surface area contributed by atoms with Crippen LogP contribution in [0, 0.1) is 11.8 Å². The Hall–Kier alpha value is -3.10. The summed E-state index contributed by atoms with van der Waals surface area (Å²) in [5.41, 5.74) is 2.26. The van der Waals surface area contributed by atoms with Crippen molar-refractivity contribution >= 4 is 29.5 Å². The lowest BCUT2D eigenvalue weighted by atomic mass is 9.94. The molecule has 3 N–H and O–H groups in total. The lowest BCUT2D eigenvalue weighted by Crippen LogP contribution is -2.45. The van der Waals surface area contributed by atoms with E-state index in [1.165, 1.54) is 5.56 Å². The average Bonchev–Trinajstić information content (AvgIpc) is 2.95. The van der Waals surface area contributed by atoms with Crippen molar-refractivity contribution in [1.29, 1.82) is 0 Å². The molecule has 4 atom stereocenters. The first-order valence-corrected chi connectivity index (χ1v) is 14.8. The summed E-state index contributed by atoms with van der Waals surface area (Å²) in [7, 11) is 0. The normalized spacial score (nSPS) is 21.4. The molecule has 2 amide bonds. The molecule has 7 nitrogen and oxygen atoms in total. The molecular formula is C31H40N2O5S. The highest BCUT2D eigenvalue weighted by molar-refractivity contribution is 7.98. The number of benzene rings is 2. The van der Waals surface area contributed by atoms with Crippen molar-refractivity contribution in [2.75, 3.05) is 19.0 Å². The molecule has 1 aliphatic rings. The summed E-state index contributed by atoms with van der Waals surface area (Å²) in [4.78, 5) is 39.0. The fourth-order valence-electron chi connectivity index (χ4n) is 4.41. The number of esters is 1. The van der Waals surface area contributed by atoms with Crippen LogP contribution < -0.4 is 10.6 Å². The molecule has 0 radical (unpaired) electrons. The van der Waals surface area contributed by atoms with Gasteiger partial charge < -0.3 is 20.5 Å². The van der Waals surface area contributed by atoms with E-state index in [0.717, 1.165) is 11.3 Å². The molecule has 0 bridgehead atoms. The number of nitrogens with one attached hydrogen (secondary N) is 2. The van der Waals surface area contributed by atoms with E-state index < -0.39 is 5.92 Å². The third kappa shape index (κ3) is 11.3. The third-order valence-electron chi connectivity index (χ3n) is 6.61. The molecule has 0 unspecified atom stereocenters. The SMILES string of the molecule is C[C@@H](CO)NC(=O)C[C@H]1CC=CCC[C@H](Cc2ccccc2)C(=O)OC[C@H](CSCc2ccccc2)NC1=O. The minimum Gasteiger partial charge on any atom is -0.463 e. The summed E-state index contributed by atoms with van der Waals surface area (Å²) < 4.78 is 5.79. The van der Waals surface area contributed by atoms with E-state index in [1.807, 2.05) is 60.7 Å². The van der Waals surface area contributed by atoms with Gasteiger partial charge in [0.1, 0.15) is 6.61 Å². The number of hydrogen-bond acceptors (Lipinski definition) is 6. The second-order valence-corrected chi connectivity index (χ2v) is 11.1. The molecule has 1 heterocycles. The van der Waals surface area contributed by atoms with Crippen molar-refractivity contribution in [3.8, 4) is 0 Å². The Labute approximate surface area is 235 Å². The first-order chi connectivity index (χ1) is 18.9. The fourth-order valence-corrected chi connectivity index (χ4v) is 5.42. The van der Waals surface area contributed by atoms with Crippen molar-refractivity contribution in [3.05, 3.63) is 83.9 Å². The standard InChI is InChI=1S/C31H40N2O5S/c1-23(19-34)32-29(35)18-26-15-9-4-10-16-27(17-24-11-5-2-6-12-24)31(37)38-20-28(33-30(26)36)22-39-21-25-13-7-3-8-14-25/h2-9,11-14,23,26-28,34H,10,15-22H2,1H3,(H,32,35)(H,33,36)/t23-,26+,27+,28+/m0/s1. The lowest BCUT2D eigenvalue weighted by molar-refractivity contribution is -0.150. The van der Waals surface area contributed by atoms with Crippen LogP contribution >= 0.6 is 11.8 Å². The molecule has 0 fully saturated rings. The first kappa shape index (κ1) is 30.4. The number of ether oxygens (including phenoxy) is 1. The van der Waals surface area contributed by atoms with Gasteiger partial charge in [0.15, 0.2) is 0 Å². The molecule has 39 heavy (non-hydrogen) atoms. The zero-order valence-electron chi connectivity index (χ0n) is 22.6. The maximum absolute atomic E-state index is 13.3. The fraction of sp³-hybridized carbons (Fsp3) is 0.452. The van der Waals surface area contributed by atoms with Crippen LogP contribution in [0.1, 0.15) is 43.7 Å². The van der Waals surface area contributed by atoms with Gasteiger partial charge in [0.2, 0.25) is 11.8 Å². The van der Waals surface area contributed by atoms with Crippen LogP contribution in [0.2, 0.25) is 0 Å². The smallest absolute Gasteiger partial charge is 0.309 e. The molecule has 0 aromatic heterocycles. The molecule has 3 rings (SSSR count). The molecule has 0 spiro atoms. The largest absolute Gasteiger partial charge is 0.463 e.